The summed E-state index contributed by atoms with van der Waals surface area (Å²) in [6.07, 6.45) is -0.198. The third kappa shape index (κ3) is 4.68. The highest BCUT2D eigenvalue weighted by molar-refractivity contribution is 6.42. The fourth-order valence-electron chi connectivity index (χ4n) is 2.92. The monoisotopic (exact) mass is 395 g/mol. The van der Waals surface area contributed by atoms with E-state index in [2.05, 4.69) is 5.32 Å². The highest BCUT2D eigenvalue weighted by atomic mass is 35.5. The second kappa shape index (κ2) is 8.73. The Kier molecular flexibility index (Phi) is 6.38. The van der Waals surface area contributed by atoms with Gasteiger partial charge in [-0.1, -0.05) is 35.3 Å². The summed E-state index contributed by atoms with van der Waals surface area (Å²) in [6.45, 7) is 2.35. The molecular weight excluding hydrogens is 377 g/mol. The molecule has 0 saturated carbocycles. The van der Waals surface area contributed by atoms with Crippen molar-refractivity contribution < 1.29 is 19.4 Å². The second-order valence-electron chi connectivity index (χ2n) is 6.04. The van der Waals surface area contributed by atoms with Crippen LogP contribution in [-0.2, 0) is 4.74 Å². The molecule has 0 radical (unpaired) electrons. The average molecular weight is 396 g/mol. The van der Waals surface area contributed by atoms with E-state index >= 15 is 0 Å². The summed E-state index contributed by atoms with van der Waals surface area (Å²) in [6, 6.07) is 12.0. The molecule has 5 nitrogen and oxygen atoms in total. The number of hydrogen-bond acceptors (Lipinski definition) is 4. The van der Waals surface area contributed by atoms with Gasteiger partial charge in [0.2, 0.25) is 0 Å². The molecule has 0 spiro atoms. The van der Waals surface area contributed by atoms with Gasteiger partial charge in [-0.25, -0.2) is 4.79 Å². The van der Waals surface area contributed by atoms with E-state index in [1.165, 1.54) is 12.1 Å². The first-order valence-electron chi connectivity index (χ1n) is 8.28. The van der Waals surface area contributed by atoms with Crippen LogP contribution in [0.3, 0.4) is 0 Å². The maximum atomic E-state index is 11.1. The molecule has 2 aromatic carbocycles. The number of halogens is 2. The van der Waals surface area contributed by atoms with Crippen molar-refractivity contribution in [3.63, 3.8) is 0 Å². The lowest BCUT2D eigenvalue weighted by Gasteiger charge is -2.25. The Bertz CT molecular complexity index is 784. The minimum absolute atomic E-state index is 0.0370. The van der Waals surface area contributed by atoms with Crippen LogP contribution in [0.5, 0.6) is 5.75 Å². The van der Waals surface area contributed by atoms with Crippen LogP contribution in [0.1, 0.15) is 21.8 Å². The van der Waals surface area contributed by atoms with Gasteiger partial charge >= 0.3 is 5.97 Å². The highest BCUT2D eigenvalue weighted by Crippen LogP contribution is 2.30. The molecule has 2 atom stereocenters. The summed E-state index contributed by atoms with van der Waals surface area (Å²) in [4.78, 5) is 11.1. The molecule has 2 N–H and O–H groups in total. The van der Waals surface area contributed by atoms with E-state index in [4.69, 9.17) is 37.8 Å². The van der Waals surface area contributed by atoms with Crippen molar-refractivity contribution in [2.45, 2.75) is 12.0 Å². The molecular formula is C19H19Cl2NO4. The number of carboxylic acids is 1. The van der Waals surface area contributed by atoms with Gasteiger partial charge in [0.25, 0.3) is 0 Å². The van der Waals surface area contributed by atoms with Crippen LogP contribution >= 0.6 is 23.2 Å². The molecule has 1 aliphatic rings. The minimum atomic E-state index is -0.987. The molecule has 0 amide bonds. The topological polar surface area (TPSA) is 67.8 Å². The fraction of sp³-hybridized carbons (Fsp3) is 0.316. The number of carboxylic acid groups (broad SMARTS) is 1. The number of nitrogens with one attached hydrogen (secondary N) is 1. The van der Waals surface area contributed by atoms with Crippen molar-refractivity contribution >= 4 is 29.2 Å². The van der Waals surface area contributed by atoms with E-state index < -0.39 is 5.97 Å². The number of hydrogen-bond donors (Lipinski definition) is 2. The summed E-state index contributed by atoms with van der Waals surface area (Å²) in [5, 5.41) is 13.5. The summed E-state index contributed by atoms with van der Waals surface area (Å²) >= 11 is 12.2. The van der Waals surface area contributed by atoms with Crippen molar-refractivity contribution in [2.75, 3.05) is 26.3 Å². The Hall–Kier alpha value is -1.79. The van der Waals surface area contributed by atoms with Crippen LogP contribution in [0.15, 0.2) is 42.5 Å². The standard InChI is InChI=1S/C19H19Cl2NO4/c20-16-5-4-12(9-17(16)21)15-10-22-6-7-25-18(15)11-26-14-3-1-2-13(8-14)19(23)24/h1-5,8-9,15,18,22H,6-7,10-11H2,(H,23,24)/t15-,18-/m0/s1. The maximum Gasteiger partial charge on any atom is 0.335 e. The zero-order chi connectivity index (χ0) is 18.5. The van der Waals surface area contributed by atoms with Crippen molar-refractivity contribution in [1.29, 1.82) is 0 Å². The van der Waals surface area contributed by atoms with Crippen LogP contribution in [0.4, 0.5) is 0 Å². The smallest absolute Gasteiger partial charge is 0.335 e. The summed E-state index contributed by atoms with van der Waals surface area (Å²) in [5.74, 6) is -0.451. The van der Waals surface area contributed by atoms with Crippen molar-refractivity contribution in [3.8, 4) is 5.75 Å². The van der Waals surface area contributed by atoms with E-state index in [9.17, 15) is 4.79 Å². The van der Waals surface area contributed by atoms with Gasteiger partial charge in [-0.3, -0.25) is 0 Å². The highest BCUT2D eigenvalue weighted by Gasteiger charge is 2.27. The minimum Gasteiger partial charge on any atom is -0.491 e. The number of carbonyl (C=O) groups is 1. The zero-order valence-corrected chi connectivity index (χ0v) is 15.5. The molecule has 0 aliphatic carbocycles. The molecule has 0 unspecified atom stereocenters. The number of ether oxygens (including phenoxy) is 2. The number of benzene rings is 2. The molecule has 0 bridgehead atoms. The lowest BCUT2D eigenvalue weighted by molar-refractivity contribution is 0.0181. The van der Waals surface area contributed by atoms with Crippen LogP contribution in [0.2, 0.25) is 10.0 Å². The lowest BCUT2D eigenvalue weighted by atomic mass is 9.93. The van der Waals surface area contributed by atoms with Gasteiger partial charge in [-0.2, -0.15) is 0 Å². The predicted molar refractivity (Wildman–Crippen MR) is 101 cm³/mol. The van der Waals surface area contributed by atoms with E-state index in [0.717, 1.165) is 18.7 Å². The molecule has 2 aromatic rings. The average Bonchev–Trinajstić information content (AvgIpc) is 2.88. The van der Waals surface area contributed by atoms with Crippen LogP contribution in [0.25, 0.3) is 0 Å². The normalized spacial score (nSPS) is 20.4. The molecule has 3 rings (SSSR count). The van der Waals surface area contributed by atoms with Crippen molar-refractivity contribution in [1.82, 2.24) is 5.32 Å². The predicted octanol–water partition coefficient (Wildman–Crippen LogP) is 3.84. The van der Waals surface area contributed by atoms with E-state index in [0.29, 0.717) is 29.0 Å². The Labute approximate surface area is 161 Å². The Balaban J connectivity index is 1.75. The lowest BCUT2D eigenvalue weighted by Crippen LogP contribution is -2.31. The zero-order valence-electron chi connectivity index (χ0n) is 14.0. The SMILES string of the molecule is O=C(O)c1cccc(OC[C@@H]2OCCNC[C@H]2c2ccc(Cl)c(Cl)c2)c1. The summed E-state index contributed by atoms with van der Waals surface area (Å²) in [5.41, 5.74) is 1.20. The van der Waals surface area contributed by atoms with Crippen molar-refractivity contribution in [3.05, 3.63) is 63.6 Å². The molecule has 1 aliphatic heterocycles. The third-order valence-corrected chi connectivity index (χ3v) is 5.03. The number of rotatable bonds is 5. The summed E-state index contributed by atoms with van der Waals surface area (Å²) in [7, 11) is 0. The fourth-order valence-corrected chi connectivity index (χ4v) is 3.23. The Morgan fingerprint density at radius 3 is 2.85 bits per heavy atom. The molecule has 138 valence electrons. The van der Waals surface area contributed by atoms with Gasteiger partial charge in [0.1, 0.15) is 12.4 Å². The van der Waals surface area contributed by atoms with Crippen LogP contribution in [-0.4, -0.2) is 43.5 Å². The first-order valence-corrected chi connectivity index (χ1v) is 9.03. The van der Waals surface area contributed by atoms with Gasteiger partial charge in [-0.15, -0.1) is 0 Å². The Morgan fingerprint density at radius 1 is 1.23 bits per heavy atom. The molecule has 1 saturated heterocycles. The van der Waals surface area contributed by atoms with Crippen LogP contribution in [0, 0.1) is 0 Å². The first-order chi connectivity index (χ1) is 12.5. The second-order valence-corrected chi connectivity index (χ2v) is 6.85. The van der Waals surface area contributed by atoms with Gasteiger partial charge in [-0.05, 0) is 35.9 Å². The van der Waals surface area contributed by atoms with E-state index in [1.54, 1.807) is 18.2 Å². The third-order valence-electron chi connectivity index (χ3n) is 4.29. The molecule has 1 fully saturated rings. The number of aromatic carboxylic acids is 1. The Morgan fingerprint density at radius 2 is 2.08 bits per heavy atom. The van der Waals surface area contributed by atoms with E-state index in [1.807, 2.05) is 12.1 Å². The van der Waals surface area contributed by atoms with Crippen LogP contribution < -0.4 is 10.1 Å². The summed E-state index contributed by atoms with van der Waals surface area (Å²) < 4.78 is 11.8. The van der Waals surface area contributed by atoms with Gasteiger partial charge in [0, 0.05) is 19.0 Å². The quantitative estimate of drug-likeness (QED) is 0.804. The van der Waals surface area contributed by atoms with E-state index in [-0.39, 0.29) is 17.6 Å². The largest absolute Gasteiger partial charge is 0.491 e. The molecule has 1 heterocycles. The molecule has 0 aromatic heterocycles. The van der Waals surface area contributed by atoms with Crippen molar-refractivity contribution in [2.24, 2.45) is 0 Å². The first kappa shape index (κ1) is 19.0. The van der Waals surface area contributed by atoms with Gasteiger partial charge in [0.15, 0.2) is 0 Å². The van der Waals surface area contributed by atoms with Gasteiger partial charge < -0.3 is 19.9 Å². The van der Waals surface area contributed by atoms with Gasteiger partial charge in [0.05, 0.1) is 28.3 Å². The molecule has 26 heavy (non-hydrogen) atoms. The molecule has 7 heteroatoms. The maximum absolute atomic E-state index is 11.1.